The molecule has 0 aliphatic rings. The first kappa shape index (κ1) is 14.4. The van der Waals surface area contributed by atoms with Gasteiger partial charge in [0.1, 0.15) is 0 Å². The first-order valence-corrected chi connectivity index (χ1v) is 7.30. The van der Waals surface area contributed by atoms with Gasteiger partial charge in [0, 0.05) is 31.6 Å². The third kappa shape index (κ3) is 2.41. The highest BCUT2D eigenvalue weighted by Gasteiger charge is 2.14. The van der Waals surface area contributed by atoms with Crippen LogP contribution in [0.3, 0.4) is 0 Å². The summed E-state index contributed by atoms with van der Waals surface area (Å²) in [5.41, 5.74) is 2.96. The molecule has 6 nitrogen and oxygen atoms in total. The van der Waals surface area contributed by atoms with E-state index in [9.17, 15) is 4.79 Å². The van der Waals surface area contributed by atoms with Crippen LogP contribution in [0.25, 0.3) is 22.1 Å². The molecule has 1 aromatic carbocycles. The number of hydrogen-bond donors (Lipinski definition) is 0. The van der Waals surface area contributed by atoms with Gasteiger partial charge in [-0.3, -0.25) is 4.79 Å². The predicted octanol–water partition coefficient (Wildman–Crippen LogP) is 2.34. The summed E-state index contributed by atoms with van der Waals surface area (Å²) in [4.78, 5) is 18.1. The normalized spacial score (nSPS) is 11.5. The van der Waals surface area contributed by atoms with Gasteiger partial charge in [0.15, 0.2) is 0 Å². The fourth-order valence-corrected chi connectivity index (χ4v) is 2.56. The molecule has 22 heavy (non-hydrogen) atoms. The van der Waals surface area contributed by atoms with E-state index >= 15 is 0 Å². The lowest BCUT2D eigenvalue weighted by Gasteiger charge is -2.12. The van der Waals surface area contributed by atoms with Crippen LogP contribution in [0.1, 0.15) is 24.2 Å². The molecule has 0 aliphatic carbocycles. The fourth-order valence-electron chi connectivity index (χ4n) is 2.56. The van der Waals surface area contributed by atoms with Crippen LogP contribution in [0.2, 0.25) is 0 Å². The van der Waals surface area contributed by atoms with E-state index in [0.29, 0.717) is 17.1 Å². The maximum Gasteiger partial charge on any atom is 0.253 e. The number of carbonyl (C=O) groups is 1. The fraction of sp³-hybridized carbons (Fsp3) is 0.375. The van der Waals surface area contributed by atoms with Gasteiger partial charge in [0.25, 0.3) is 5.91 Å². The van der Waals surface area contributed by atoms with E-state index in [2.05, 4.69) is 33.6 Å². The lowest BCUT2D eigenvalue weighted by Crippen LogP contribution is -2.21. The van der Waals surface area contributed by atoms with Crippen LogP contribution in [0.5, 0.6) is 0 Å². The van der Waals surface area contributed by atoms with E-state index in [0.717, 1.165) is 23.0 Å². The highest BCUT2D eigenvalue weighted by atomic mass is 16.2. The second kappa shape index (κ2) is 5.36. The smallest absolute Gasteiger partial charge is 0.253 e. The number of hydrogen-bond acceptors (Lipinski definition) is 4. The minimum Gasteiger partial charge on any atom is -0.345 e. The molecule has 0 unspecified atom stereocenters. The topological polar surface area (TPSA) is 63.9 Å². The van der Waals surface area contributed by atoms with Crippen molar-refractivity contribution in [2.75, 3.05) is 14.1 Å². The average molecular weight is 297 g/mol. The van der Waals surface area contributed by atoms with Crippen LogP contribution in [-0.4, -0.2) is 44.7 Å². The highest BCUT2D eigenvalue weighted by molar-refractivity contribution is 6.05. The molecule has 114 valence electrons. The Balaban J connectivity index is 2.26. The van der Waals surface area contributed by atoms with E-state index in [1.165, 1.54) is 0 Å². The Kier molecular flexibility index (Phi) is 3.52. The molecule has 3 rings (SSSR count). The number of rotatable bonds is 3. The molecular weight excluding hydrogens is 278 g/mol. The van der Waals surface area contributed by atoms with Crippen molar-refractivity contribution in [2.24, 2.45) is 5.92 Å². The van der Waals surface area contributed by atoms with Gasteiger partial charge in [-0.15, -0.1) is 10.2 Å². The van der Waals surface area contributed by atoms with Crippen molar-refractivity contribution in [2.45, 2.75) is 20.4 Å². The number of aromatic nitrogens is 4. The van der Waals surface area contributed by atoms with Crippen molar-refractivity contribution in [3.8, 4) is 0 Å². The number of carbonyl (C=O) groups excluding carboxylic acids is 1. The molecule has 3 aromatic rings. The summed E-state index contributed by atoms with van der Waals surface area (Å²) in [6, 6.07) is 5.51. The molecule has 0 N–H and O–H groups in total. The van der Waals surface area contributed by atoms with Gasteiger partial charge in [0.2, 0.25) is 5.65 Å². The van der Waals surface area contributed by atoms with Crippen LogP contribution >= 0.6 is 0 Å². The Hall–Kier alpha value is -2.50. The highest BCUT2D eigenvalue weighted by Crippen LogP contribution is 2.23. The molecule has 0 atom stereocenters. The zero-order chi connectivity index (χ0) is 15.9. The van der Waals surface area contributed by atoms with E-state index in [1.54, 1.807) is 31.4 Å². The van der Waals surface area contributed by atoms with Gasteiger partial charge in [-0.25, -0.2) is 4.98 Å². The van der Waals surface area contributed by atoms with Gasteiger partial charge in [0.05, 0.1) is 17.4 Å². The van der Waals surface area contributed by atoms with Crippen LogP contribution in [0.15, 0.2) is 24.5 Å². The SMILES string of the molecule is CC(C)Cn1cnc2nnc3ccc(C(=O)N(C)C)cc3c21. The van der Waals surface area contributed by atoms with Crippen molar-refractivity contribution >= 4 is 28.0 Å². The quantitative estimate of drug-likeness (QED) is 0.744. The Morgan fingerprint density at radius 2 is 2.05 bits per heavy atom. The van der Waals surface area contributed by atoms with Crippen LogP contribution < -0.4 is 0 Å². The van der Waals surface area contributed by atoms with Gasteiger partial charge in [-0.2, -0.15) is 0 Å². The zero-order valence-electron chi connectivity index (χ0n) is 13.2. The Labute approximate surface area is 128 Å². The van der Waals surface area contributed by atoms with Gasteiger partial charge in [-0.1, -0.05) is 13.8 Å². The van der Waals surface area contributed by atoms with Gasteiger partial charge >= 0.3 is 0 Å². The molecule has 1 amide bonds. The largest absolute Gasteiger partial charge is 0.345 e. The van der Waals surface area contributed by atoms with E-state index in [4.69, 9.17) is 0 Å². The molecule has 0 bridgehead atoms. The summed E-state index contributed by atoms with van der Waals surface area (Å²) < 4.78 is 2.08. The second-order valence-electron chi connectivity index (χ2n) is 6.09. The standard InChI is InChI=1S/C16H19N5O/c1-10(2)8-21-9-17-15-14(21)12-7-11(16(22)20(3)4)5-6-13(12)18-19-15/h5-7,9-10H,8H2,1-4H3. The number of nitrogens with zero attached hydrogens (tertiary/aromatic N) is 5. The number of benzene rings is 1. The van der Waals surface area contributed by atoms with Crippen LogP contribution in [0.4, 0.5) is 0 Å². The monoisotopic (exact) mass is 297 g/mol. The molecule has 2 heterocycles. The Bertz CT molecular complexity index is 850. The molecule has 0 saturated carbocycles. The molecule has 2 aromatic heterocycles. The third-order valence-electron chi connectivity index (χ3n) is 3.54. The maximum absolute atomic E-state index is 12.2. The summed E-state index contributed by atoms with van der Waals surface area (Å²) in [5.74, 6) is 0.467. The molecule has 0 aliphatic heterocycles. The number of imidazole rings is 1. The number of fused-ring (bicyclic) bond motifs is 3. The summed E-state index contributed by atoms with van der Waals surface area (Å²) in [5, 5.41) is 9.28. The van der Waals surface area contributed by atoms with Crippen molar-refractivity contribution in [1.29, 1.82) is 0 Å². The van der Waals surface area contributed by atoms with Crippen molar-refractivity contribution in [3.05, 3.63) is 30.1 Å². The predicted molar refractivity (Wildman–Crippen MR) is 85.7 cm³/mol. The Morgan fingerprint density at radius 1 is 1.27 bits per heavy atom. The minimum absolute atomic E-state index is 0.0261. The van der Waals surface area contributed by atoms with Crippen LogP contribution in [0, 0.1) is 5.92 Å². The molecule has 0 fully saturated rings. The minimum atomic E-state index is -0.0261. The molecule has 0 saturated heterocycles. The van der Waals surface area contributed by atoms with Crippen LogP contribution in [-0.2, 0) is 6.54 Å². The zero-order valence-corrected chi connectivity index (χ0v) is 13.2. The summed E-state index contributed by atoms with van der Waals surface area (Å²) >= 11 is 0. The van der Waals surface area contributed by atoms with Gasteiger partial charge < -0.3 is 9.47 Å². The Morgan fingerprint density at radius 3 is 2.73 bits per heavy atom. The second-order valence-corrected chi connectivity index (χ2v) is 6.09. The maximum atomic E-state index is 12.2. The summed E-state index contributed by atoms with van der Waals surface area (Å²) in [7, 11) is 3.49. The lowest BCUT2D eigenvalue weighted by atomic mass is 10.1. The first-order chi connectivity index (χ1) is 10.5. The molecule has 0 spiro atoms. The first-order valence-electron chi connectivity index (χ1n) is 7.30. The molecule has 0 radical (unpaired) electrons. The molecule has 6 heteroatoms. The number of amides is 1. The molecular formula is C16H19N5O. The summed E-state index contributed by atoms with van der Waals surface area (Å²) in [6.07, 6.45) is 1.79. The average Bonchev–Trinajstić information content (AvgIpc) is 2.88. The van der Waals surface area contributed by atoms with E-state index in [-0.39, 0.29) is 5.91 Å². The van der Waals surface area contributed by atoms with E-state index in [1.807, 2.05) is 12.1 Å². The van der Waals surface area contributed by atoms with Crippen molar-refractivity contribution in [1.82, 2.24) is 24.6 Å². The van der Waals surface area contributed by atoms with Crippen molar-refractivity contribution in [3.63, 3.8) is 0 Å². The third-order valence-corrected chi connectivity index (χ3v) is 3.54. The summed E-state index contributed by atoms with van der Waals surface area (Å²) in [6.45, 7) is 5.16. The lowest BCUT2D eigenvalue weighted by molar-refractivity contribution is 0.0828. The van der Waals surface area contributed by atoms with E-state index < -0.39 is 0 Å². The van der Waals surface area contributed by atoms with Gasteiger partial charge in [-0.05, 0) is 24.1 Å². The van der Waals surface area contributed by atoms with Crippen molar-refractivity contribution < 1.29 is 4.79 Å².